The zero-order chi connectivity index (χ0) is 18.7. The molecule has 0 aliphatic carbocycles. The Labute approximate surface area is 155 Å². The van der Waals surface area contributed by atoms with E-state index in [-0.39, 0.29) is 16.7 Å². The summed E-state index contributed by atoms with van der Waals surface area (Å²) in [4.78, 5) is 29.5. The molecule has 0 saturated carbocycles. The first-order valence-corrected chi connectivity index (χ1v) is 9.22. The van der Waals surface area contributed by atoms with Crippen LogP contribution in [0.5, 0.6) is 0 Å². The summed E-state index contributed by atoms with van der Waals surface area (Å²) < 4.78 is 6.43. The van der Waals surface area contributed by atoms with E-state index in [4.69, 9.17) is 4.74 Å². The molecule has 3 aromatic rings. The first-order valence-electron chi connectivity index (χ1n) is 8.34. The van der Waals surface area contributed by atoms with E-state index in [9.17, 15) is 9.59 Å². The summed E-state index contributed by atoms with van der Waals surface area (Å²) in [5.41, 5.74) is 0.525. The second-order valence-corrected chi connectivity index (χ2v) is 7.33. The van der Waals surface area contributed by atoms with Crippen molar-refractivity contribution in [3.63, 3.8) is 0 Å². The minimum Gasteiger partial charge on any atom is -0.383 e. The van der Waals surface area contributed by atoms with Crippen molar-refractivity contribution >= 4 is 39.3 Å². The minimum absolute atomic E-state index is 0.111. The molecule has 0 saturated heterocycles. The van der Waals surface area contributed by atoms with E-state index in [1.165, 1.54) is 16.3 Å². The molecular weight excluding hydrogens is 350 g/mol. The van der Waals surface area contributed by atoms with Gasteiger partial charge in [-0.3, -0.25) is 14.2 Å². The summed E-state index contributed by atoms with van der Waals surface area (Å²) in [6.07, 6.45) is 0. The third-order valence-corrected chi connectivity index (χ3v) is 5.30. The summed E-state index contributed by atoms with van der Waals surface area (Å²) in [5, 5.41) is 5.56. The third-order valence-electron chi connectivity index (χ3n) is 4.16. The van der Waals surface area contributed by atoms with Gasteiger partial charge in [-0.15, -0.1) is 0 Å². The average molecular weight is 371 g/mol. The number of ether oxygens (including phenoxy) is 1. The number of carbonyl (C=O) groups is 1. The van der Waals surface area contributed by atoms with Crippen molar-refractivity contribution in [2.75, 3.05) is 20.3 Å². The molecule has 0 aliphatic rings. The van der Waals surface area contributed by atoms with Crippen LogP contribution in [-0.2, 0) is 16.6 Å². The molecule has 1 N–H and O–H groups in total. The van der Waals surface area contributed by atoms with Gasteiger partial charge >= 0.3 is 0 Å². The number of carbonyl (C=O) groups excluding carboxylic acids is 1. The number of rotatable bonds is 6. The lowest BCUT2D eigenvalue weighted by Crippen LogP contribution is -2.33. The molecule has 1 amide bonds. The Morgan fingerprint density at radius 3 is 2.69 bits per heavy atom. The minimum atomic E-state index is -0.372. The van der Waals surface area contributed by atoms with Crippen LogP contribution >= 0.6 is 11.8 Å². The zero-order valence-corrected chi connectivity index (χ0v) is 15.8. The summed E-state index contributed by atoms with van der Waals surface area (Å²) in [6.45, 7) is 2.71. The molecule has 0 bridgehead atoms. The molecule has 0 spiro atoms. The van der Waals surface area contributed by atoms with Crippen molar-refractivity contribution in [3.8, 4) is 0 Å². The largest absolute Gasteiger partial charge is 0.383 e. The number of benzene rings is 2. The smallest absolute Gasteiger partial charge is 0.261 e. The highest BCUT2D eigenvalue weighted by molar-refractivity contribution is 8.00. The molecule has 26 heavy (non-hydrogen) atoms. The standard InChI is InChI=1S/C19H21N3O3S/c1-12(17(23)20-8-9-25-3)26-19-21-16-11-14-7-5-4-6-13(14)10-15(16)18(24)22(19)2/h4-7,10-12H,8-9H2,1-3H3,(H,20,23)/t12-/m1/s1. The number of thioether (sulfide) groups is 1. The van der Waals surface area contributed by atoms with E-state index in [1.807, 2.05) is 36.4 Å². The van der Waals surface area contributed by atoms with Gasteiger partial charge in [0.05, 0.1) is 22.8 Å². The average Bonchev–Trinajstić information content (AvgIpc) is 2.64. The first kappa shape index (κ1) is 18.4. The van der Waals surface area contributed by atoms with Crippen molar-refractivity contribution in [2.24, 2.45) is 7.05 Å². The number of hydrogen-bond acceptors (Lipinski definition) is 5. The fraction of sp³-hybridized carbons (Fsp3) is 0.316. The van der Waals surface area contributed by atoms with Crippen LogP contribution in [0.25, 0.3) is 21.7 Å². The molecule has 0 radical (unpaired) electrons. The number of nitrogens with zero attached hydrogens (tertiary/aromatic N) is 2. The number of methoxy groups -OCH3 is 1. The van der Waals surface area contributed by atoms with E-state index in [0.29, 0.717) is 29.2 Å². The van der Waals surface area contributed by atoms with Crippen LogP contribution < -0.4 is 10.9 Å². The lowest BCUT2D eigenvalue weighted by molar-refractivity contribution is -0.120. The second kappa shape index (κ2) is 7.88. The number of hydrogen-bond donors (Lipinski definition) is 1. The Hall–Kier alpha value is -2.38. The molecule has 1 atom stereocenters. The van der Waals surface area contributed by atoms with E-state index >= 15 is 0 Å². The van der Waals surface area contributed by atoms with Crippen LogP contribution in [0.4, 0.5) is 0 Å². The lowest BCUT2D eigenvalue weighted by atomic mass is 10.1. The molecule has 1 aromatic heterocycles. The van der Waals surface area contributed by atoms with Gasteiger partial charge in [-0.1, -0.05) is 36.0 Å². The predicted octanol–water partition coefficient (Wildman–Crippen LogP) is 2.33. The zero-order valence-electron chi connectivity index (χ0n) is 15.0. The maximum Gasteiger partial charge on any atom is 0.261 e. The van der Waals surface area contributed by atoms with Gasteiger partial charge in [0.15, 0.2) is 5.16 Å². The highest BCUT2D eigenvalue weighted by Crippen LogP contribution is 2.24. The van der Waals surface area contributed by atoms with Crippen LogP contribution in [0, 0.1) is 0 Å². The topological polar surface area (TPSA) is 73.2 Å². The normalized spacial score (nSPS) is 12.4. The number of nitrogens with one attached hydrogen (secondary N) is 1. The van der Waals surface area contributed by atoms with Crippen molar-refractivity contribution in [3.05, 3.63) is 46.8 Å². The fourth-order valence-corrected chi connectivity index (χ4v) is 3.57. The van der Waals surface area contributed by atoms with E-state index in [2.05, 4.69) is 10.3 Å². The molecular formula is C19H21N3O3S. The maximum absolute atomic E-state index is 12.7. The Morgan fingerprint density at radius 2 is 2.00 bits per heavy atom. The lowest BCUT2D eigenvalue weighted by Gasteiger charge is -2.14. The van der Waals surface area contributed by atoms with Crippen LogP contribution in [0.15, 0.2) is 46.3 Å². The number of aromatic nitrogens is 2. The Kier molecular flexibility index (Phi) is 5.58. The third kappa shape index (κ3) is 3.73. The summed E-state index contributed by atoms with van der Waals surface area (Å²) in [5.74, 6) is -0.111. The van der Waals surface area contributed by atoms with Crippen molar-refractivity contribution in [1.82, 2.24) is 14.9 Å². The van der Waals surface area contributed by atoms with Gasteiger partial charge in [-0.2, -0.15) is 0 Å². The molecule has 6 nitrogen and oxygen atoms in total. The van der Waals surface area contributed by atoms with Gasteiger partial charge in [-0.05, 0) is 29.8 Å². The Bertz CT molecular complexity index is 1020. The second-order valence-electron chi connectivity index (χ2n) is 6.02. The van der Waals surface area contributed by atoms with Gasteiger partial charge in [0.1, 0.15) is 0 Å². The first-order chi connectivity index (χ1) is 12.5. The maximum atomic E-state index is 12.7. The molecule has 136 valence electrons. The molecule has 1 heterocycles. The highest BCUT2D eigenvalue weighted by atomic mass is 32.2. The van der Waals surface area contributed by atoms with Gasteiger partial charge in [-0.25, -0.2) is 4.98 Å². The quantitative estimate of drug-likeness (QED) is 0.312. The van der Waals surface area contributed by atoms with E-state index in [0.717, 1.165) is 10.8 Å². The van der Waals surface area contributed by atoms with Crippen molar-refractivity contribution in [1.29, 1.82) is 0 Å². The Morgan fingerprint density at radius 1 is 1.31 bits per heavy atom. The van der Waals surface area contributed by atoms with E-state index < -0.39 is 0 Å². The fourth-order valence-electron chi connectivity index (χ4n) is 2.67. The van der Waals surface area contributed by atoms with Gasteiger partial charge in [0.25, 0.3) is 5.56 Å². The van der Waals surface area contributed by atoms with Crippen molar-refractivity contribution in [2.45, 2.75) is 17.3 Å². The van der Waals surface area contributed by atoms with Crippen molar-refractivity contribution < 1.29 is 9.53 Å². The van der Waals surface area contributed by atoms with Crippen LogP contribution in [0.1, 0.15) is 6.92 Å². The summed E-state index contributed by atoms with van der Waals surface area (Å²) in [6, 6.07) is 11.7. The Balaban J connectivity index is 1.93. The van der Waals surface area contributed by atoms with Gasteiger partial charge in [0.2, 0.25) is 5.91 Å². The molecule has 0 unspecified atom stereocenters. The van der Waals surface area contributed by atoms with E-state index in [1.54, 1.807) is 21.1 Å². The molecule has 0 fully saturated rings. The number of amides is 1. The predicted molar refractivity (Wildman–Crippen MR) is 105 cm³/mol. The SMILES string of the molecule is COCCNC(=O)[C@@H](C)Sc1nc2cc3ccccc3cc2c(=O)n1C. The molecule has 0 aliphatic heterocycles. The highest BCUT2D eigenvalue weighted by Gasteiger charge is 2.18. The van der Waals surface area contributed by atoms with Gasteiger partial charge in [0, 0.05) is 20.7 Å². The van der Waals surface area contributed by atoms with Gasteiger partial charge < -0.3 is 10.1 Å². The van der Waals surface area contributed by atoms with Crippen LogP contribution in [0.2, 0.25) is 0 Å². The summed E-state index contributed by atoms with van der Waals surface area (Å²) in [7, 11) is 3.27. The number of fused-ring (bicyclic) bond motifs is 2. The molecule has 3 rings (SSSR count). The van der Waals surface area contributed by atoms with Crippen LogP contribution in [-0.4, -0.2) is 41.0 Å². The monoisotopic (exact) mass is 371 g/mol. The molecule has 2 aromatic carbocycles. The molecule has 7 heteroatoms. The summed E-state index contributed by atoms with van der Waals surface area (Å²) >= 11 is 1.27. The van der Waals surface area contributed by atoms with Crippen LogP contribution in [0.3, 0.4) is 0 Å².